The standard InChI is InChI=1S/C14H18BrN2O3/c1-9(18)12(20-14(2,3)4)13(19)16-8-10-6-5-7-11(15)17-10/h5-7,12H,8H2,1-4H3. The van der Waals surface area contributed by atoms with Crippen LogP contribution in [-0.4, -0.2) is 28.4 Å². The van der Waals surface area contributed by atoms with Gasteiger partial charge in [-0.1, -0.05) is 6.07 Å². The summed E-state index contributed by atoms with van der Waals surface area (Å²) in [5.41, 5.74) is 0.0565. The first-order valence-electron chi connectivity index (χ1n) is 6.20. The number of ketones is 1. The van der Waals surface area contributed by atoms with E-state index >= 15 is 0 Å². The fourth-order valence-electron chi connectivity index (χ4n) is 1.44. The van der Waals surface area contributed by atoms with Crippen molar-refractivity contribution in [3.63, 3.8) is 0 Å². The zero-order valence-electron chi connectivity index (χ0n) is 12.0. The van der Waals surface area contributed by atoms with E-state index in [-0.39, 0.29) is 12.3 Å². The number of hydrogen-bond acceptors (Lipinski definition) is 4. The molecule has 6 heteroatoms. The summed E-state index contributed by atoms with van der Waals surface area (Å²) >= 11 is 3.24. The maximum absolute atomic E-state index is 12.0. The van der Waals surface area contributed by atoms with E-state index in [0.717, 1.165) is 0 Å². The molecule has 1 radical (unpaired) electrons. The van der Waals surface area contributed by atoms with Crippen molar-refractivity contribution in [2.45, 2.75) is 45.9 Å². The van der Waals surface area contributed by atoms with Crippen LogP contribution in [0.1, 0.15) is 33.4 Å². The van der Waals surface area contributed by atoms with E-state index in [1.165, 1.54) is 6.92 Å². The van der Waals surface area contributed by atoms with Crippen LogP contribution in [-0.2, 0) is 20.9 Å². The van der Waals surface area contributed by atoms with Crippen molar-refractivity contribution < 1.29 is 14.3 Å². The third-order valence-electron chi connectivity index (χ3n) is 2.23. The number of amides is 1. The highest BCUT2D eigenvalue weighted by Gasteiger charge is 2.29. The van der Waals surface area contributed by atoms with Crippen LogP contribution in [0, 0.1) is 0 Å². The minimum Gasteiger partial charge on any atom is -0.355 e. The molecule has 0 N–H and O–H groups in total. The van der Waals surface area contributed by atoms with Gasteiger partial charge in [-0.15, -0.1) is 0 Å². The Hall–Kier alpha value is -1.27. The van der Waals surface area contributed by atoms with Crippen LogP contribution < -0.4 is 5.32 Å². The molecule has 0 bridgehead atoms. The van der Waals surface area contributed by atoms with E-state index in [2.05, 4.69) is 26.2 Å². The number of pyridine rings is 1. The first kappa shape index (κ1) is 16.8. The van der Waals surface area contributed by atoms with E-state index < -0.39 is 17.6 Å². The summed E-state index contributed by atoms with van der Waals surface area (Å²) in [6.07, 6.45) is -1.15. The molecule has 1 heterocycles. The molecule has 1 aromatic rings. The lowest BCUT2D eigenvalue weighted by atomic mass is 10.1. The maximum atomic E-state index is 12.0. The first-order chi connectivity index (χ1) is 9.19. The monoisotopic (exact) mass is 341 g/mol. The highest BCUT2D eigenvalue weighted by atomic mass is 79.9. The van der Waals surface area contributed by atoms with E-state index in [0.29, 0.717) is 10.3 Å². The summed E-state index contributed by atoms with van der Waals surface area (Å²) in [6, 6.07) is 5.35. The lowest BCUT2D eigenvalue weighted by Crippen LogP contribution is -2.42. The van der Waals surface area contributed by atoms with Crippen molar-refractivity contribution in [1.82, 2.24) is 10.3 Å². The summed E-state index contributed by atoms with van der Waals surface area (Å²) in [5.74, 6) is -0.926. The molecule has 20 heavy (non-hydrogen) atoms. The SMILES string of the molecule is CC(=O)C(OC(C)(C)C)C(=O)[N]Cc1cccc(Br)n1. The summed E-state index contributed by atoms with van der Waals surface area (Å²) in [5, 5.41) is 3.87. The molecule has 0 aliphatic rings. The number of ether oxygens (including phenoxy) is 1. The van der Waals surface area contributed by atoms with Crippen LogP contribution in [0.5, 0.6) is 0 Å². The van der Waals surface area contributed by atoms with Crippen molar-refractivity contribution >= 4 is 27.6 Å². The van der Waals surface area contributed by atoms with Crippen molar-refractivity contribution in [2.75, 3.05) is 0 Å². The number of carbonyl (C=O) groups excluding carboxylic acids is 2. The van der Waals surface area contributed by atoms with Gasteiger partial charge in [-0.25, -0.2) is 10.3 Å². The number of rotatable bonds is 5. The molecule has 0 fully saturated rings. The minimum absolute atomic E-state index is 0.121. The average Bonchev–Trinajstić information content (AvgIpc) is 2.32. The van der Waals surface area contributed by atoms with E-state index in [4.69, 9.17) is 4.74 Å². The van der Waals surface area contributed by atoms with Crippen LogP contribution in [0.15, 0.2) is 22.8 Å². The van der Waals surface area contributed by atoms with Gasteiger partial charge in [-0.2, -0.15) is 0 Å². The summed E-state index contributed by atoms with van der Waals surface area (Å²) in [4.78, 5) is 27.6. The molecule has 0 aromatic carbocycles. The largest absolute Gasteiger partial charge is 0.355 e. The Kier molecular flexibility index (Phi) is 5.83. The van der Waals surface area contributed by atoms with Gasteiger partial charge in [0.2, 0.25) is 0 Å². The second-order valence-corrected chi connectivity index (χ2v) is 6.14. The lowest BCUT2D eigenvalue weighted by molar-refractivity contribution is -0.153. The van der Waals surface area contributed by atoms with Crippen molar-refractivity contribution in [1.29, 1.82) is 0 Å². The third kappa shape index (κ3) is 5.79. The highest BCUT2D eigenvalue weighted by molar-refractivity contribution is 9.10. The molecule has 1 atom stereocenters. The van der Waals surface area contributed by atoms with Crippen molar-refractivity contribution in [3.8, 4) is 0 Å². The molecule has 1 rings (SSSR count). The molecule has 109 valence electrons. The topological polar surface area (TPSA) is 70.4 Å². The molecule has 0 aliphatic carbocycles. The van der Waals surface area contributed by atoms with Gasteiger partial charge in [0.25, 0.3) is 5.91 Å². The Morgan fingerprint density at radius 3 is 2.55 bits per heavy atom. The lowest BCUT2D eigenvalue weighted by Gasteiger charge is -2.24. The van der Waals surface area contributed by atoms with Gasteiger partial charge in [0.15, 0.2) is 11.9 Å². The minimum atomic E-state index is -1.15. The third-order valence-corrected chi connectivity index (χ3v) is 2.68. The normalized spacial score (nSPS) is 12.8. The Morgan fingerprint density at radius 1 is 1.40 bits per heavy atom. The smallest absolute Gasteiger partial charge is 0.278 e. The summed E-state index contributed by atoms with van der Waals surface area (Å²) in [6.45, 7) is 6.79. The fraction of sp³-hybridized carbons (Fsp3) is 0.500. The number of nitrogens with zero attached hydrogens (tertiary/aromatic N) is 2. The second-order valence-electron chi connectivity index (χ2n) is 5.33. The van der Waals surface area contributed by atoms with Gasteiger partial charge >= 0.3 is 0 Å². The Bertz CT molecular complexity index is 497. The van der Waals surface area contributed by atoms with Gasteiger partial charge in [-0.05, 0) is 55.8 Å². The molecule has 0 aliphatic heterocycles. The Labute approximate surface area is 127 Å². The predicted octanol–water partition coefficient (Wildman–Crippen LogP) is 2.25. The molecule has 1 amide bonds. The maximum Gasteiger partial charge on any atom is 0.278 e. The number of Topliss-reactive ketones (excluding diaryl/α,β-unsaturated/α-hetero) is 1. The molecule has 0 saturated carbocycles. The number of carbonyl (C=O) groups is 2. The highest BCUT2D eigenvalue weighted by Crippen LogP contribution is 2.12. The Morgan fingerprint density at radius 2 is 2.05 bits per heavy atom. The molecule has 1 aromatic heterocycles. The van der Waals surface area contributed by atoms with Gasteiger partial charge < -0.3 is 4.74 Å². The van der Waals surface area contributed by atoms with Gasteiger partial charge in [0, 0.05) is 0 Å². The molecule has 0 saturated heterocycles. The van der Waals surface area contributed by atoms with E-state index in [1.54, 1.807) is 39.0 Å². The molecule has 5 nitrogen and oxygen atoms in total. The van der Waals surface area contributed by atoms with Crippen LogP contribution in [0.2, 0.25) is 0 Å². The quantitative estimate of drug-likeness (QED) is 0.608. The Balaban J connectivity index is 2.65. The first-order valence-corrected chi connectivity index (χ1v) is 6.99. The van der Waals surface area contributed by atoms with Gasteiger partial charge in [-0.3, -0.25) is 9.59 Å². The molecular formula is C14H18BrN2O3. The predicted molar refractivity (Wildman–Crippen MR) is 78.1 cm³/mol. The van der Waals surface area contributed by atoms with E-state index in [1.807, 2.05) is 0 Å². The van der Waals surface area contributed by atoms with Gasteiger partial charge in [0.1, 0.15) is 4.60 Å². The average molecular weight is 342 g/mol. The van der Waals surface area contributed by atoms with Crippen molar-refractivity contribution in [2.24, 2.45) is 0 Å². The van der Waals surface area contributed by atoms with Crippen molar-refractivity contribution in [3.05, 3.63) is 28.5 Å². The molecule has 0 spiro atoms. The summed E-state index contributed by atoms with van der Waals surface area (Å²) < 4.78 is 6.12. The number of aromatic nitrogens is 1. The van der Waals surface area contributed by atoms with Crippen LogP contribution >= 0.6 is 15.9 Å². The van der Waals surface area contributed by atoms with Gasteiger partial charge in [0.05, 0.1) is 17.8 Å². The second kappa shape index (κ2) is 6.95. The van der Waals surface area contributed by atoms with Crippen LogP contribution in [0.25, 0.3) is 0 Å². The fourth-order valence-corrected chi connectivity index (χ4v) is 1.82. The number of halogens is 1. The van der Waals surface area contributed by atoms with Crippen LogP contribution in [0.3, 0.4) is 0 Å². The zero-order valence-corrected chi connectivity index (χ0v) is 13.6. The summed E-state index contributed by atoms with van der Waals surface area (Å²) in [7, 11) is 0. The van der Waals surface area contributed by atoms with E-state index in [9.17, 15) is 9.59 Å². The van der Waals surface area contributed by atoms with Crippen LogP contribution in [0.4, 0.5) is 0 Å². The molecular weight excluding hydrogens is 324 g/mol. The molecule has 1 unspecified atom stereocenters. The number of hydrogen-bond donors (Lipinski definition) is 0. The zero-order chi connectivity index (χ0) is 15.3.